The average molecular weight is 521 g/mol. The highest BCUT2D eigenvalue weighted by atomic mass is 79.9. The van der Waals surface area contributed by atoms with E-state index in [-0.39, 0.29) is 17.2 Å². The fourth-order valence-electron chi connectivity index (χ4n) is 2.80. The van der Waals surface area contributed by atoms with Crippen molar-refractivity contribution < 1.29 is 28.2 Å². The highest BCUT2D eigenvalue weighted by Gasteiger charge is 2.36. The predicted octanol–water partition coefficient (Wildman–Crippen LogP) is 4.84. The minimum atomic E-state index is -0.618. The van der Waals surface area contributed by atoms with Crippen molar-refractivity contribution in [3.05, 3.63) is 69.8 Å². The first-order valence-corrected chi connectivity index (χ1v) is 10.9. The molecule has 0 aliphatic carbocycles. The van der Waals surface area contributed by atoms with Crippen LogP contribution < -0.4 is 14.8 Å². The zero-order valence-corrected chi connectivity index (χ0v) is 19.3. The predicted molar refractivity (Wildman–Crippen MR) is 124 cm³/mol. The van der Waals surface area contributed by atoms with E-state index in [1.807, 2.05) is 0 Å². The maximum atomic E-state index is 13.3. The molecule has 1 heterocycles. The van der Waals surface area contributed by atoms with E-state index in [0.717, 1.165) is 22.7 Å². The first kappa shape index (κ1) is 23.6. The van der Waals surface area contributed by atoms with E-state index in [1.165, 1.54) is 31.4 Å². The fourth-order valence-corrected chi connectivity index (χ4v) is 4.22. The Balaban J connectivity index is 1.75. The number of imide groups is 1. The number of carbonyl (C=O) groups excluding carboxylic acids is 3. The molecule has 3 rings (SSSR count). The van der Waals surface area contributed by atoms with Gasteiger partial charge in [0.05, 0.1) is 16.5 Å². The molecule has 166 valence electrons. The number of nitrogens with one attached hydrogen (secondary N) is 1. The Morgan fingerprint density at radius 2 is 2.09 bits per heavy atom. The summed E-state index contributed by atoms with van der Waals surface area (Å²) in [5, 5.41) is 1.89. The summed E-state index contributed by atoms with van der Waals surface area (Å²) in [4.78, 5) is 38.2. The third-order valence-corrected chi connectivity index (χ3v) is 5.68. The van der Waals surface area contributed by atoms with Crippen LogP contribution in [0.5, 0.6) is 11.5 Å². The molecule has 0 atom stereocenters. The van der Waals surface area contributed by atoms with Crippen molar-refractivity contribution in [2.45, 2.75) is 0 Å². The van der Waals surface area contributed by atoms with Crippen molar-refractivity contribution in [2.24, 2.45) is 0 Å². The second-order valence-corrected chi connectivity index (χ2v) is 8.31. The van der Waals surface area contributed by atoms with E-state index in [0.29, 0.717) is 21.5 Å². The van der Waals surface area contributed by atoms with Crippen LogP contribution in [0.3, 0.4) is 0 Å². The number of rotatable bonds is 8. The Kier molecular flexibility index (Phi) is 7.70. The lowest BCUT2D eigenvalue weighted by atomic mass is 10.2. The molecule has 0 spiro atoms. The van der Waals surface area contributed by atoms with Gasteiger partial charge < -0.3 is 14.8 Å². The number of methoxy groups -OCH3 is 1. The molecular weight excluding hydrogens is 503 g/mol. The van der Waals surface area contributed by atoms with Crippen LogP contribution in [0.25, 0.3) is 6.08 Å². The van der Waals surface area contributed by atoms with Gasteiger partial charge in [-0.15, -0.1) is 0 Å². The molecular formula is C22H18BrFN2O5S. The molecule has 1 aliphatic heterocycles. The lowest BCUT2D eigenvalue weighted by molar-refractivity contribution is -0.127. The highest BCUT2D eigenvalue weighted by Crippen LogP contribution is 2.39. The van der Waals surface area contributed by atoms with E-state index in [4.69, 9.17) is 9.47 Å². The molecule has 7 nitrogen and oxygen atoms in total. The molecule has 0 radical (unpaired) electrons. The Bertz CT molecular complexity index is 1120. The second-order valence-electron chi connectivity index (χ2n) is 6.46. The minimum Gasteiger partial charge on any atom is -0.493 e. The zero-order chi connectivity index (χ0) is 23.3. The molecule has 2 aromatic rings. The summed E-state index contributed by atoms with van der Waals surface area (Å²) in [6.07, 6.45) is 3.13. The summed E-state index contributed by atoms with van der Waals surface area (Å²) in [6, 6.07) is 8.69. The Labute approximate surface area is 196 Å². The molecule has 1 saturated heterocycles. The van der Waals surface area contributed by atoms with Gasteiger partial charge in [-0.05, 0) is 69.7 Å². The number of benzene rings is 2. The van der Waals surface area contributed by atoms with Crippen molar-refractivity contribution in [3.63, 3.8) is 0 Å². The van der Waals surface area contributed by atoms with Gasteiger partial charge in [-0.3, -0.25) is 19.3 Å². The van der Waals surface area contributed by atoms with Gasteiger partial charge in [-0.1, -0.05) is 18.7 Å². The topological polar surface area (TPSA) is 84.9 Å². The first-order chi connectivity index (χ1) is 15.3. The van der Waals surface area contributed by atoms with Gasteiger partial charge in [0.15, 0.2) is 11.5 Å². The number of hydrogen-bond acceptors (Lipinski definition) is 6. The SMILES string of the molecule is C=CCOc1c(Br)cc(/C=C2/SC(=O)N(CC(=O)Nc3cccc(F)c3)C2=O)cc1OC. The number of halogens is 2. The van der Waals surface area contributed by atoms with Crippen molar-refractivity contribution in [1.82, 2.24) is 4.90 Å². The van der Waals surface area contributed by atoms with E-state index < -0.39 is 29.4 Å². The molecule has 0 bridgehead atoms. The first-order valence-electron chi connectivity index (χ1n) is 9.24. The van der Waals surface area contributed by atoms with E-state index in [2.05, 4.69) is 27.8 Å². The number of ether oxygens (including phenoxy) is 2. The van der Waals surface area contributed by atoms with Crippen molar-refractivity contribution in [1.29, 1.82) is 0 Å². The number of hydrogen-bond donors (Lipinski definition) is 1. The normalized spacial score (nSPS) is 14.6. The third kappa shape index (κ3) is 5.57. The fraction of sp³-hybridized carbons (Fsp3) is 0.136. The number of anilines is 1. The van der Waals surface area contributed by atoms with Gasteiger partial charge in [0, 0.05) is 5.69 Å². The van der Waals surface area contributed by atoms with E-state index in [1.54, 1.807) is 18.2 Å². The van der Waals surface area contributed by atoms with Crippen LogP contribution in [0.1, 0.15) is 5.56 Å². The smallest absolute Gasteiger partial charge is 0.294 e. The average Bonchev–Trinajstić information content (AvgIpc) is 3.00. The number of carbonyl (C=O) groups is 3. The Morgan fingerprint density at radius 1 is 1.31 bits per heavy atom. The highest BCUT2D eigenvalue weighted by molar-refractivity contribution is 9.10. The summed E-state index contributed by atoms with van der Waals surface area (Å²) in [5.74, 6) is -0.823. The molecule has 1 fully saturated rings. The standard InChI is InChI=1S/C22H18BrFN2O5S/c1-3-7-31-20-16(23)8-13(9-17(20)30-2)10-18-21(28)26(22(29)32-18)12-19(27)25-15-6-4-5-14(24)11-15/h3-6,8-11H,1,7,12H2,2H3,(H,25,27)/b18-10+. The molecule has 0 unspecified atom stereocenters. The largest absolute Gasteiger partial charge is 0.493 e. The van der Waals surface area contributed by atoms with Gasteiger partial charge in [0.1, 0.15) is 19.0 Å². The molecule has 3 amide bonds. The Morgan fingerprint density at radius 3 is 2.78 bits per heavy atom. The van der Waals surface area contributed by atoms with E-state index in [9.17, 15) is 18.8 Å². The van der Waals surface area contributed by atoms with Gasteiger partial charge in [0.25, 0.3) is 11.1 Å². The lowest BCUT2D eigenvalue weighted by Crippen LogP contribution is -2.36. The zero-order valence-electron chi connectivity index (χ0n) is 16.9. The molecule has 10 heteroatoms. The number of thioether (sulfide) groups is 1. The summed E-state index contributed by atoms with van der Waals surface area (Å²) in [5.41, 5.74) is 0.822. The quantitative estimate of drug-likeness (QED) is 0.396. The summed E-state index contributed by atoms with van der Waals surface area (Å²) >= 11 is 4.13. The lowest BCUT2D eigenvalue weighted by Gasteiger charge is -2.13. The van der Waals surface area contributed by atoms with Crippen molar-refractivity contribution in [3.8, 4) is 11.5 Å². The van der Waals surface area contributed by atoms with Crippen LogP contribution in [0.4, 0.5) is 14.9 Å². The van der Waals surface area contributed by atoms with Gasteiger partial charge in [-0.2, -0.15) is 0 Å². The molecule has 1 N–H and O–H groups in total. The summed E-state index contributed by atoms with van der Waals surface area (Å²) in [6.45, 7) is 3.40. The minimum absolute atomic E-state index is 0.155. The maximum Gasteiger partial charge on any atom is 0.294 e. The van der Waals surface area contributed by atoms with Gasteiger partial charge in [-0.25, -0.2) is 4.39 Å². The molecule has 1 aliphatic rings. The maximum absolute atomic E-state index is 13.3. The molecule has 32 heavy (non-hydrogen) atoms. The van der Waals surface area contributed by atoms with Crippen LogP contribution in [0, 0.1) is 5.82 Å². The van der Waals surface area contributed by atoms with Crippen LogP contribution >= 0.6 is 27.7 Å². The molecule has 0 aromatic heterocycles. The summed E-state index contributed by atoms with van der Waals surface area (Å²) in [7, 11) is 1.48. The monoisotopic (exact) mass is 520 g/mol. The molecule has 2 aromatic carbocycles. The van der Waals surface area contributed by atoms with Crippen LogP contribution in [0.15, 0.2) is 58.4 Å². The number of amides is 3. The number of nitrogens with zero attached hydrogens (tertiary/aromatic N) is 1. The van der Waals surface area contributed by atoms with Gasteiger partial charge in [0.2, 0.25) is 5.91 Å². The van der Waals surface area contributed by atoms with Crippen LogP contribution in [-0.4, -0.2) is 42.2 Å². The van der Waals surface area contributed by atoms with Crippen LogP contribution in [0.2, 0.25) is 0 Å². The van der Waals surface area contributed by atoms with E-state index >= 15 is 0 Å². The van der Waals surface area contributed by atoms with Gasteiger partial charge >= 0.3 is 0 Å². The van der Waals surface area contributed by atoms with Crippen molar-refractivity contribution in [2.75, 3.05) is 25.6 Å². The summed E-state index contributed by atoms with van der Waals surface area (Å²) < 4.78 is 24.8. The third-order valence-electron chi connectivity index (χ3n) is 4.18. The van der Waals surface area contributed by atoms with Crippen molar-refractivity contribution >= 4 is 56.5 Å². The molecule has 0 saturated carbocycles. The Hall–Kier alpha value is -3.11. The second kappa shape index (κ2) is 10.5. The van der Waals surface area contributed by atoms with Crippen LogP contribution in [-0.2, 0) is 9.59 Å².